The van der Waals surface area contributed by atoms with E-state index in [-0.39, 0.29) is 12.1 Å². The Balaban J connectivity index is 1.70. The minimum absolute atomic E-state index is 0.0737. The Morgan fingerprint density at radius 3 is 2.65 bits per heavy atom. The summed E-state index contributed by atoms with van der Waals surface area (Å²) in [6.07, 6.45) is 2.49. The van der Waals surface area contributed by atoms with E-state index in [2.05, 4.69) is 16.7 Å². The molecule has 104 valence electrons. The van der Waals surface area contributed by atoms with Gasteiger partial charge in [-0.1, -0.05) is 36.4 Å². The zero-order valence-corrected chi connectivity index (χ0v) is 12.0. The minimum atomic E-state index is -0.0841. The van der Waals surface area contributed by atoms with Gasteiger partial charge < -0.3 is 10.6 Å². The molecule has 1 aliphatic carbocycles. The van der Waals surface area contributed by atoms with E-state index in [9.17, 15) is 4.79 Å². The van der Waals surface area contributed by atoms with Crippen LogP contribution in [0.2, 0.25) is 0 Å². The predicted molar refractivity (Wildman–Crippen MR) is 81.9 cm³/mol. The third kappa shape index (κ3) is 3.39. The monoisotopic (exact) mass is 286 g/mol. The first kappa shape index (κ1) is 13.2. The Morgan fingerprint density at radius 2 is 2.00 bits per heavy atom. The first-order valence-electron chi connectivity index (χ1n) is 6.95. The highest BCUT2D eigenvalue weighted by atomic mass is 32.1. The summed E-state index contributed by atoms with van der Waals surface area (Å²) in [6.45, 7) is 0.789. The Kier molecular flexibility index (Phi) is 4.02. The SMILES string of the molecule is O=C(NCC1CC1)N[C@H](c1ccccc1)c1cccs1. The van der Waals surface area contributed by atoms with Gasteiger partial charge in [0, 0.05) is 11.4 Å². The third-order valence-electron chi connectivity index (χ3n) is 3.48. The minimum Gasteiger partial charge on any atom is -0.338 e. The van der Waals surface area contributed by atoms with Gasteiger partial charge in [0.25, 0.3) is 0 Å². The van der Waals surface area contributed by atoms with Gasteiger partial charge in [0.05, 0.1) is 6.04 Å². The number of carbonyl (C=O) groups excluding carboxylic acids is 1. The zero-order valence-electron chi connectivity index (χ0n) is 11.2. The molecule has 3 nitrogen and oxygen atoms in total. The quantitative estimate of drug-likeness (QED) is 0.867. The van der Waals surface area contributed by atoms with Crippen LogP contribution >= 0.6 is 11.3 Å². The highest BCUT2D eigenvalue weighted by Crippen LogP contribution is 2.28. The summed E-state index contributed by atoms with van der Waals surface area (Å²) in [7, 11) is 0. The molecule has 1 atom stereocenters. The van der Waals surface area contributed by atoms with E-state index in [0.717, 1.165) is 17.0 Å². The van der Waals surface area contributed by atoms with Crippen LogP contribution in [-0.4, -0.2) is 12.6 Å². The number of benzene rings is 1. The Morgan fingerprint density at radius 1 is 1.20 bits per heavy atom. The fourth-order valence-electron chi connectivity index (χ4n) is 2.16. The second kappa shape index (κ2) is 6.09. The maximum Gasteiger partial charge on any atom is 0.315 e. The zero-order chi connectivity index (χ0) is 13.8. The number of urea groups is 1. The van der Waals surface area contributed by atoms with Crippen LogP contribution in [0.5, 0.6) is 0 Å². The standard InChI is InChI=1S/C16H18N2OS/c19-16(17-11-12-8-9-12)18-15(14-7-4-10-20-14)13-5-2-1-3-6-13/h1-7,10,12,15H,8-9,11H2,(H2,17,18,19)/t15-/m1/s1. The molecule has 1 aromatic carbocycles. The molecule has 1 saturated carbocycles. The molecule has 1 fully saturated rings. The van der Waals surface area contributed by atoms with Crippen LogP contribution in [0.15, 0.2) is 47.8 Å². The fraction of sp³-hybridized carbons (Fsp3) is 0.312. The van der Waals surface area contributed by atoms with Gasteiger partial charge in [-0.05, 0) is 35.8 Å². The summed E-state index contributed by atoms with van der Waals surface area (Å²) in [6, 6.07) is 14.0. The summed E-state index contributed by atoms with van der Waals surface area (Å²) in [5, 5.41) is 8.08. The van der Waals surface area contributed by atoms with E-state index in [1.807, 2.05) is 41.8 Å². The maximum atomic E-state index is 12.0. The number of hydrogen-bond acceptors (Lipinski definition) is 2. The average molecular weight is 286 g/mol. The van der Waals surface area contributed by atoms with Crippen LogP contribution in [0.4, 0.5) is 4.79 Å². The van der Waals surface area contributed by atoms with Gasteiger partial charge >= 0.3 is 6.03 Å². The van der Waals surface area contributed by atoms with Crippen LogP contribution in [-0.2, 0) is 0 Å². The number of hydrogen-bond donors (Lipinski definition) is 2. The van der Waals surface area contributed by atoms with Crippen molar-refractivity contribution in [1.82, 2.24) is 10.6 Å². The lowest BCUT2D eigenvalue weighted by molar-refractivity contribution is 0.238. The van der Waals surface area contributed by atoms with E-state index in [0.29, 0.717) is 5.92 Å². The lowest BCUT2D eigenvalue weighted by Crippen LogP contribution is -2.39. The molecule has 1 aliphatic rings. The van der Waals surface area contributed by atoms with Crippen molar-refractivity contribution in [2.75, 3.05) is 6.54 Å². The molecule has 0 aliphatic heterocycles. The molecule has 0 bridgehead atoms. The molecular formula is C16H18N2OS. The lowest BCUT2D eigenvalue weighted by Gasteiger charge is -2.18. The van der Waals surface area contributed by atoms with Crippen molar-refractivity contribution in [2.45, 2.75) is 18.9 Å². The van der Waals surface area contributed by atoms with E-state index in [1.54, 1.807) is 11.3 Å². The van der Waals surface area contributed by atoms with E-state index in [4.69, 9.17) is 0 Å². The van der Waals surface area contributed by atoms with E-state index in [1.165, 1.54) is 12.8 Å². The lowest BCUT2D eigenvalue weighted by atomic mass is 10.1. The highest BCUT2D eigenvalue weighted by molar-refractivity contribution is 7.10. The van der Waals surface area contributed by atoms with Crippen LogP contribution in [0, 0.1) is 5.92 Å². The molecule has 0 unspecified atom stereocenters. The first-order valence-corrected chi connectivity index (χ1v) is 7.83. The van der Waals surface area contributed by atoms with E-state index < -0.39 is 0 Å². The topological polar surface area (TPSA) is 41.1 Å². The number of thiophene rings is 1. The van der Waals surface area contributed by atoms with Crippen molar-refractivity contribution >= 4 is 17.4 Å². The summed E-state index contributed by atoms with van der Waals surface area (Å²) in [4.78, 5) is 13.2. The molecule has 2 amide bonds. The van der Waals surface area contributed by atoms with Crippen LogP contribution in [0.1, 0.15) is 29.3 Å². The Bertz CT molecular complexity index is 549. The molecule has 2 N–H and O–H groups in total. The van der Waals surface area contributed by atoms with Gasteiger partial charge in [0.2, 0.25) is 0 Å². The summed E-state index contributed by atoms with van der Waals surface area (Å²) < 4.78 is 0. The summed E-state index contributed by atoms with van der Waals surface area (Å²) >= 11 is 1.66. The largest absolute Gasteiger partial charge is 0.338 e. The van der Waals surface area contributed by atoms with Gasteiger partial charge in [0.1, 0.15) is 0 Å². The Hall–Kier alpha value is -1.81. The van der Waals surface area contributed by atoms with Crippen LogP contribution in [0.25, 0.3) is 0 Å². The normalized spacial score (nSPS) is 15.6. The number of nitrogens with one attached hydrogen (secondary N) is 2. The number of rotatable bonds is 5. The molecule has 1 heterocycles. The predicted octanol–water partition coefficient (Wildman–Crippen LogP) is 3.55. The molecular weight excluding hydrogens is 268 g/mol. The highest BCUT2D eigenvalue weighted by Gasteiger charge is 2.23. The van der Waals surface area contributed by atoms with Gasteiger partial charge in [0.15, 0.2) is 0 Å². The molecule has 3 rings (SSSR count). The van der Waals surface area contributed by atoms with Crippen LogP contribution < -0.4 is 10.6 Å². The van der Waals surface area contributed by atoms with Crippen LogP contribution in [0.3, 0.4) is 0 Å². The van der Waals surface area contributed by atoms with Gasteiger partial charge in [-0.3, -0.25) is 0 Å². The average Bonchev–Trinajstić information content (AvgIpc) is 3.16. The second-order valence-corrected chi connectivity index (χ2v) is 6.14. The van der Waals surface area contributed by atoms with Crippen molar-refractivity contribution in [2.24, 2.45) is 5.92 Å². The van der Waals surface area contributed by atoms with Crippen molar-refractivity contribution in [1.29, 1.82) is 0 Å². The number of amides is 2. The van der Waals surface area contributed by atoms with Crippen molar-refractivity contribution < 1.29 is 4.79 Å². The second-order valence-electron chi connectivity index (χ2n) is 5.16. The molecule has 0 spiro atoms. The molecule has 4 heteroatoms. The van der Waals surface area contributed by atoms with Crippen molar-refractivity contribution in [3.63, 3.8) is 0 Å². The molecule has 20 heavy (non-hydrogen) atoms. The smallest absolute Gasteiger partial charge is 0.315 e. The Labute approximate surface area is 123 Å². The molecule has 0 radical (unpaired) electrons. The van der Waals surface area contributed by atoms with E-state index >= 15 is 0 Å². The maximum absolute atomic E-state index is 12.0. The molecule has 2 aromatic rings. The van der Waals surface area contributed by atoms with Gasteiger partial charge in [-0.2, -0.15) is 0 Å². The number of carbonyl (C=O) groups is 1. The van der Waals surface area contributed by atoms with Crippen molar-refractivity contribution in [3.8, 4) is 0 Å². The van der Waals surface area contributed by atoms with Gasteiger partial charge in [-0.25, -0.2) is 4.79 Å². The first-order chi connectivity index (χ1) is 9.83. The summed E-state index contributed by atoms with van der Waals surface area (Å²) in [5.41, 5.74) is 1.11. The van der Waals surface area contributed by atoms with Crippen molar-refractivity contribution in [3.05, 3.63) is 58.3 Å². The fourth-order valence-corrected chi connectivity index (χ4v) is 2.96. The third-order valence-corrected chi connectivity index (χ3v) is 4.42. The molecule has 0 saturated heterocycles. The van der Waals surface area contributed by atoms with Gasteiger partial charge in [-0.15, -0.1) is 11.3 Å². The molecule has 1 aromatic heterocycles. The summed E-state index contributed by atoms with van der Waals surface area (Å²) in [5.74, 6) is 0.692.